The van der Waals surface area contributed by atoms with Crippen molar-refractivity contribution in [3.05, 3.63) is 35.4 Å². The third-order valence-electron chi connectivity index (χ3n) is 3.93. The lowest BCUT2D eigenvalue weighted by Crippen LogP contribution is -2.41. The van der Waals surface area contributed by atoms with E-state index in [0.29, 0.717) is 6.04 Å². The Morgan fingerprint density at radius 1 is 1.06 bits per heavy atom. The van der Waals surface area contributed by atoms with E-state index in [0.717, 1.165) is 32.1 Å². The van der Waals surface area contributed by atoms with Crippen LogP contribution in [-0.2, 0) is 12.8 Å². The highest BCUT2D eigenvalue weighted by molar-refractivity contribution is 5.33. The highest BCUT2D eigenvalue weighted by Crippen LogP contribution is 2.26. The normalized spacial score (nSPS) is 29.6. The van der Waals surface area contributed by atoms with E-state index in [1.807, 2.05) is 0 Å². The average Bonchev–Trinajstić information content (AvgIpc) is 2.85. The molecule has 2 atom stereocenters. The second-order valence-corrected chi connectivity index (χ2v) is 5.09. The van der Waals surface area contributed by atoms with Gasteiger partial charge < -0.3 is 5.32 Å². The molecule has 0 aromatic heterocycles. The standard InChI is InChI=1S/C14H18FN/c15-13-6-3-7-14(13)16-12-8-10-4-1-2-5-11(10)9-12/h1-2,4-5,12-14,16H,3,6-9H2/t13-,14-/m1/s1. The highest BCUT2D eigenvalue weighted by atomic mass is 19.1. The van der Waals surface area contributed by atoms with Crippen LogP contribution in [0.3, 0.4) is 0 Å². The van der Waals surface area contributed by atoms with Crippen LogP contribution in [0.2, 0.25) is 0 Å². The van der Waals surface area contributed by atoms with Crippen molar-refractivity contribution < 1.29 is 4.39 Å². The Morgan fingerprint density at radius 3 is 2.31 bits per heavy atom. The highest BCUT2D eigenvalue weighted by Gasteiger charge is 2.30. The molecule has 2 aliphatic carbocycles. The van der Waals surface area contributed by atoms with Gasteiger partial charge in [-0.25, -0.2) is 4.39 Å². The van der Waals surface area contributed by atoms with Gasteiger partial charge in [0, 0.05) is 12.1 Å². The summed E-state index contributed by atoms with van der Waals surface area (Å²) in [6.07, 6.45) is 4.31. The Kier molecular flexibility index (Phi) is 2.68. The molecule has 1 aromatic rings. The number of benzene rings is 1. The van der Waals surface area contributed by atoms with Gasteiger partial charge in [-0.3, -0.25) is 0 Å². The van der Waals surface area contributed by atoms with Crippen molar-refractivity contribution in [1.82, 2.24) is 5.32 Å². The van der Waals surface area contributed by atoms with Crippen LogP contribution in [0.25, 0.3) is 0 Å². The molecule has 1 nitrogen and oxygen atoms in total. The number of halogens is 1. The van der Waals surface area contributed by atoms with Gasteiger partial charge in [-0.15, -0.1) is 0 Å². The zero-order valence-electron chi connectivity index (χ0n) is 9.45. The fourth-order valence-electron chi connectivity index (χ4n) is 3.08. The topological polar surface area (TPSA) is 12.0 Å². The molecule has 1 N–H and O–H groups in total. The predicted molar refractivity (Wildman–Crippen MR) is 63.3 cm³/mol. The molecule has 1 aromatic carbocycles. The third kappa shape index (κ3) is 1.86. The molecule has 0 aliphatic heterocycles. The van der Waals surface area contributed by atoms with Gasteiger partial charge in [0.2, 0.25) is 0 Å². The van der Waals surface area contributed by atoms with Gasteiger partial charge in [0.1, 0.15) is 6.17 Å². The predicted octanol–water partition coefficient (Wildman–Crippen LogP) is 2.63. The zero-order valence-corrected chi connectivity index (χ0v) is 9.45. The number of hydrogen-bond acceptors (Lipinski definition) is 1. The Hall–Kier alpha value is -0.890. The summed E-state index contributed by atoms with van der Waals surface area (Å²) in [5.74, 6) is 0. The first-order chi connectivity index (χ1) is 7.83. The van der Waals surface area contributed by atoms with E-state index in [4.69, 9.17) is 0 Å². The SMILES string of the molecule is F[C@@H]1CCC[C@H]1NC1Cc2ccccc2C1. The maximum absolute atomic E-state index is 13.5. The molecule has 1 saturated carbocycles. The number of fused-ring (bicyclic) bond motifs is 1. The summed E-state index contributed by atoms with van der Waals surface area (Å²) < 4.78 is 13.5. The molecular weight excluding hydrogens is 201 g/mol. The monoisotopic (exact) mass is 219 g/mol. The lowest BCUT2D eigenvalue weighted by Gasteiger charge is -2.20. The van der Waals surface area contributed by atoms with Gasteiger partial charge in [0.15, 0.2) is 0 Å². The second kappa shape index (κ2) is 4.17. The number of alkyl halides is 1. The molecule has 0 radical (unpaired) electrons. The van der Waals surface area contributed by atoms with E-state index < -0.39 is 6.17 Å². The van der Waals surface area contributed by atoms with Crippen LogP contribution in [0.4, 0.5) is 4.39 Å². The van der Waals surface area contributed by atoms with Crippen LogP contribution in [0.15, 0.2) is 24.3 Å². The summed E-state index contributed by atoms with van der Waals surface area (Å²) in [7, 11) is 0. The van der Waals surface area contributed by atoms with E-state index in [-0.39, 0.29) is 6.04 Å². The van der Waals surface area contributed by atoms with Gasteiger partial charge in [-0.2, -0.15) is 0 Å². The third-order valence-corrected chi connectivity index (χ3v) is 3.93. The summed E-state index contributed by atoms with van der Waals surface area (Å²) in [5.41, 5.74) is 2.88. The van der Waals surface area contributed by atoms with E-state index in [9.17, 15) is 4.39 Å². The van der Waals surface area contributed by atoms with Crippen LogP contribution in [0.5, 0.6) is 0 Å². The van der Waals surface area contributed by atoms with Gasteiger partial charge in [0.25, 0.3) is 0 Å². The lowest BCUT2D eigenvalue weighted by atomic mass is 10.1. The maximum Gasteiger partial charge on any atom is 0.115 e. The van der Waals surface area contributed by atoms with Crippen molar-refractivity contribution in [3.63, 3.8) is 0 Å². The maximum atomic E-state index is 13.5. The molecule has 3 rings (SSSR count). The Morgan fingerprint density at radius 2 is 1.75 bits per heavy atom. The molecule has 0 amide bonds. The van der Waals surface area contributed by atoms with E-state index in [1.165, 1.54) is 11.1 Å². The molecule has 2 aliphatic rings. The number of nitrogens with one attached hydrogen (secondary N) is 1. The molecule has 0 heterocycles. The minimum atomic E-state index is -0.622. The number of rotatable bonds is 2. The Bertz CT molecular complexity index is 352. The number of hydrogen-bond donors (Lipinski definition) is 1. The zero-order chi connectivity index (χ0) is 11.0. The van der Waals surface area contributed by atoms with Gasteiger partial charge in [0.05, 0.1) is 0 Å². The Labute approximate surface area is 96.1 Å². The summed E-state index contributed by atoms with van der Waals surface area (Å²) in [6.45, 7) is 0. The van der Waals surface area contributed by atoms with Crippen molar-refractivity contribution in [3.8, 4) is 0 Å². The molecule has 16 heavy (non-hydrogen) atoms. The molecule has 1 fully saturated rings. The minimum Gasteiger partial charge on any atom is -0.308 e. The Balaban J connectivity index is 1.63. The quantitative estimate of drug-likeness (QED) is 0.806. The van der Waals surface area contributed by atoms with Crippen LogP contribution < -0.4 is 5.32 Å². The van der Waals surface area contributed by atoms with E-state index >= 15 is 0 Å². The van der Waals surface area contributed by atoms with Crippen molar-refractivity contribution in [2.75, 3.05) is 0 Å². The van der Waals surface area contributed by atoms with Gasteiger partial charge in [-0.05, 0) is 43.2 Å². The van der Waals surface area contributed by atoms with Crippen LogP contribution in [0, 0.1) is 0 Å². The van der Waals surface area contributed by atoms with Crippen molar-refractivity contribution in [2.45, 2.75) is 50.4 Å². The second-order valence-electron chi connectivity index (χ2n) is 5.09. The lowest BCUT2D eigenvalue weighted by molar-refractivity contribution is 0.264. The van der Waals surface area contributed by atoms with Crippen molar-refractivity contribution in [1.29, 1.82) is 0 Å². The first-order valence-electron chi connectivity index (χ1n) is 6.30. The molecular formula is C14H18FN. The smallest absolute Gasteiger partial charge is 0.115 e. The molecule has 0 saturated heterocycles. The van der Waals surface area contributed by atoms with Crippen LogP contribution in [-0.4, -0.2) is 18.3 Å². The van der Waals surface area contributed by atoms with E-state index in [1.54, 1.807) is 0 Å². The first kappa shape index (κ1) is 10.3. The fourth-order valence-corrected chi connectivity index (χ4v) is 3.08. The first-order valence-corrected chi connectivity index (χ1v) is 6.30. The van der Waals surface area contributed by atoms with Crippen LogP contribution in [0.1, 0.15) is 30.4 Å². The molecule has 2 heteroatoms. The average molecular weight is 219 g/mol. The van der Waals surface area contributed by atoms with Crippen molar-refractivity contribution >= 4 is 0 Å². The van der Waals surface area contributed by atoms with Crippen molar-refractivity contribution in [2.24, 2.45) is 0 Å². The van der Waals surface area contributed by atoms with E-state index in [2.05, 4.69) is 29.6 Å². The van der Waals surface area contributed by atoms with Gasteiger partial charge >= 0.3 is 0 Å². The summed E-state index contributed by atoms with van der Waals surface area (Å²) >= 11 is 0. The molecule has 0 unspecified atom stereocenters. The summed E-state index contributed by atoms with van der Waals surface area (Å²) in [6, 6.07) is 9.14. The van der Waals surface area contributed by atoms with Crippen LogP contribution >= 0.6 is 0 Å². The molecule has 0 bridgehead atoms. The summed E-state index contributed by atoms with van der Waals surface area (Å²) in [4.78, 5) is 0. The van der Waals surface area contributed by atoms with Gasteiger partial charge in [-0.1, -0.05) is 24.3 Å². The minimum absolute atomic E-state index is 0.110. The largest absolute Gasteiger partial charge is 0.308 e. The molecule has 0 spiro atoms. The fraction of sp³-hybridized carbons (Fsp3) is 0.571. The summed E-state index contributed by atoms with van der Waals surface area (Å²) in [5, 5.41) is 3.50. The molecule has 86 valence electrons.